The number of nitrogens with one attached hydrogen (secondary N) is 1. The van der Waals surface area contributed by atoms with Crippen LogP contribution in [0.2, 0.25) is 0 Å². The Bertz CT molecular complexity index is 263. The van der Waals surface area contributed by atoms with Gasteiger partial charge in [-0.1, -0.05) is 12.1 Å². The maximum absolute atomic E-state index is 8.59. The fraction of sp³-hybridized carbons (Fsp3) is 0.455. The molecule has 1 aromatic rings. The van der Waals surface area contributed by atoms with E-state index >= 15 is 0 Å². The van der Waals surface area contributed by atoms with E-state index in [-0.39, 0.29) is 6.61 Å². The molecule has 0 heterocycles. The summed E-state index contributed by atoms with van der Waals surface area (Å²) in [5.74, 6) is 0.881. The minimum atomic E-state index is 0.241. The van der Waals surface area contributed by atoms with E-state index in [0.717, 1.165) is 25.3 Å². The quantitative estimate of drug-likeness (QED) is 0.669. The molecule has 0 bridgehead atoms. The van der Waals surface area contributed by atoms with Crippen LogP contribution in [0.15, 0.2) is 24.3 Å². The highest BCUT2D eigenvalue weighted by atomic mass is 16.5. The second-order valence-corrected chi connectivity index (χ2v) is 3.11. The van der Waals surface area contributed by atoms with Crippen molar-refractivity contribution >= 4 is 0 Å². The van der Waals surface area contributed by atoms with Gasteiger partial charge >= 0.3 is 0 Å². The van der Waals surface area contributed by atoms with Crippen molar-refractivity contribution in [1.82, 2.24) is 5.32 Å². The average Bonchev–Trinajstić information content (AvgIpc) is 2.25. The molecule has 0 saturated carbocycles. The second-order valence-electron chi connectivity index (χ2n) is 3.11. The SMILES string of the molecule is COc1cccc(CNCCCO)c1. The molecule has 14 heavy (non-hydrogen) atoms. The van der Waals surface area contributed by atoms with E-state index in [2.05, 4.69) is 11.4 Å². The molecule has 0 spiro atoms. The van der Waals surface area contributed by atoms with Crippen LogP contribution in [0.4, 0.5) is 0 Å². The van der Waals surface area contributed by atoms with Crippen molar-refractivity contribution in [2.45, 2.75) is 13.0 Å². The van der Waals surface area contributed by atoms with Crippen LogP contribution < -0.4 is 10.1 Å². The van der Waals surface area contributed by atoms with E-state index in [0.29, 0.717) is 0 Å². The van der Waals surface area contributed by atoms with Gasteiger partial charge in [-0.2, -0.15) is 0 Å². The lowest BCUT2D eigenvalue weighted by atomic mass is 10.2. The number of aliphatic hydroxyl groups is 1. The number of methoxy groups -OCH3 is 1. The molecule has 0 saturated heterocycles. The van der Waals surface area contributed by atoms with Crippen LogP contribution in [-0.4, -0.2) is 25.4 Å². The highest BCUT2D eigenvalue weighted by Crippen LogP contribution is 2.11. The molecule has 1 rings (SSSR count). The van der Waals surface area contributed by atoms with E-state index in [1.807, 2.05) is 18.2 Å². The average molecular weight is 195 g/mol. The standard InChI is InChI=1S/C11H17NO2/c1-14-11-5-2-4-10(8-11)9-12-6-3-7-13/h2,4-5,8,12-13H,3,6-7,9H2,1H3. The lowest BCUT2D eigenvalue weighted by Crippen LogP contribution is -2.15. The molecule has 0 aliphatic rings. The third-order valence-corrected chi connectivity index (χ3v) is 1.97. The Morgan fingerprint density at radius 1 is 1.43 bits per heavy atom. The maximum atomic E-state index is 8.59. The number of aliphatic hydroxyl groups excluding tert-OH is 1. The maximum Gasteiger partial charge on any atom is 0.119 e. The summed E-state index contributed by atoms with van der Waals surface area (Å²) in [5, 5.41) is 11.8. The summed E-state index contributed by atoms with van der Waals surface area (Å²) in [5.41, 5.74) is 1.20. The van der Waals surface area contributed by atoms with Gasteiger partial charge < -0.3 is 15.2 Å². The van der Waals surface area contributed by atoms with Crippen LogP contribution in [0, 0.1) is 0 Å². The van der Waals surface area contributed by atoms with Crippen LogP contribution in [-0.2, 0) is 6.54 Å². The summed E-state index contributed by atoms with van der Waals surface area (Å²) in [6.45, 7) is 1.90. The van der Waals surface area contributed by atoms with Gasteiger partial charge in [0.2, 0.25) is 0 Å². The number of ether oxygens (including phenoxy) is 1. The number of benzene rings is 1. The molecule has 1 aromatic carbocycles. The molecule has 0 unspecified atom stereocenters. The number of hydrogen-bond acceptors (Lipinski definition) is 3. The minimum Gasteiger partial charge on any atom is -0.497 e. The van der Waals surface area contributed by atoms with Crippen molar-refractivity contribution in [3.8, 4) is 5.75 Å². The summed E-state index contributed by atoms with van der Waals surface area (Å²) >= 11 is 0. The molecule has 78 valence electrons. The van der Waals surface area contributed by atoms with Crippen LogP contribution in [0.3, 0.4) is 0 Å². The van der Waals surface area contributed by atoms with E-state index in [4.69, 9.17) is 9.84 Å². The van der Waals surface area contributed by atoms with Gasteiger partial charge in [0.05, 0.1) is 7.11 Å². The fourth-order valence-electron chi connectivity index (χ4n) is 1.22. The van der Waals surface area contributed by atoms with Crippen molar-refractivity contribution in [3.05, 3.63) is 29.8 Å². The molecule has 0 amide bonds. The Kier molecular flexibility index (Phi) is 5.04. The first-order valence-electron chi connectivity index (χ1n) is 4.81. The highest BCUT2D eigenvalue weighted by molar-refractivity contribution is 5.28. The lowest BCUT2D eigenvalue weighted by Gasteiger charge is -2.05. The lowest BCUT2D eigenvalue weighted by molar-refractivity contribution is 0.286. The van der Waals surface area contributed by atoms with E-state index in [9.17, 15) is 0 Å². The molecule has 0 atom stereocenters. The van der Waals surface area contributed by atoms with Crippen LogP contribution >= 0.6 is 0 Å². The summed E-state index contributed by atoms with van der Waals surface area (Å²) in [4.78, 5) is 0. The highest BCUT2D eigenvalue weighted by Gasteiger charge is 1.94. The molecule has 3 heteroatoms. The smallest absolute Gasteiger partial charge is 0.119 e. The molecule has 0 radical (unpaired) electrons. The number of hydrogen-bond donors (Lipinski definition) is 2. The Hall–Kier alpha value is -1.06. The number of rotatable bonds is 6. The molecule has 0 fully saturated rings. The first-order chi connectivity index (χ1) is 6.86. The van der Waals surface area contributed by atoms with Gasteiger partial charge in [-0.3, -0.25) is 0 Å². The Labute approximate surface area is 84.7 Å². The molecule has 3 nitrogen and oxygen atoms in total. The summed E-state index contributed by atoms with van der Waals surface area (Å²) in [7, 11) is 1.66. The predicted octanol–water partition coefficient (Wildman–Crippen LogP) is 1.17. The van der Waals surface area contributed by atoms with Gasteiger partial charge in [-0.25, -0.2) is 0 Å². The summed E-state index contributed by atoms with van der Waals surface area (Å²) in [6, 6.07) is 7.96. The first kappa shape index (κ1) is 11.0. The van der Waals surface area contributed by atoms with Crippen molar-refractivity contribution < 1.29 is 9.84 Å². The van der Waals surface area contributed by atoms with Crippen molar-refractivity contribution in [2.75, 3.05) is 20.3 Å². The van der Waals surface area contributed by atoms with Gasteiger partial charge in [-0.15, -0.1) is 0 Å². The molecule has 0 aliphatic heterocycles. The van der Waals surface area contributed by atoms with E-state index in [1.165, 1.54) is 5.56 Å². The fourth-order valence-corrected chi connectivity index (χ4v) is 1.22. The molecule has 2 N–H and O–H groups in total. The zero-order valence-electron chi connectivity index (χ0n) is 8.49. The van der Waals surface area contributed by atoms with Crippen molar-refractivity contribution in [2.24, 2.45) is 0 Å². The largest absolute Gasteiger partial charge is 0.497 e. The molecular formula is C11H17NO2. The summed E-state index contributed by atoms with van der Waals surface area (Å²) < 4.78 is 5.11. The molecule has 0 aromatic heterocycles. The third-order valence-electron chi connectivity index (χ3n) is 1.97. The Morgan fingerprint density at radius 3 is 3.00 bits per heavy atom. The first-order valence-corrected chi connectivity index (χ1v) is 4.81. The van der Waals surface area contributed by atoms with Gasteiger partial charge in [-0.05, 0) is 30.7 Å². The van der Waals surface area contributed by atoms with E-state index < -0.39 is 0 Å². The monoisotopic (exact) mass is 195 g/mol. The second kappa shape index (κ2) is 6.40. The van der Waals surface area contributed by atoms with Crippen LogP contribution in [0.25, 0.3) is 0 Å². The van der Waals surface area contributed by atoms with Crippen molar-refractivity contribution in [3.63, 3.8) is 0 Å². The zero-order chi connectivity index (χ0) is 10.2. The van der Waals surface area contributed by atoms with Gasteiger partial charge in [0.15, 0.2) is 0 Å². The van der Waals surface area contributed by atoms with Crippen LogP contribution in [0.5, 0.6) is 5.75 Å². The Balaban J connectivity index is 2.34. The third kappa shape index (κ3) is 3.77. The van der Waals surface area contributed by atoms with Gasteiger partial charge in [0, 0.05) is 13.2 Å². The molecule has 0 aliphatic carbocycles. The summed E-state index contributed by atoms with van der Waals surface area (Å²) in [6.07, 6.45) is 0.796. The zero-order valence-corrected chi connectivity index (χ0v) is 8.49. The molecular weight excluding hydrogens is 178 g/mol. The predicted molar refractivity (Wildman–Crippen MR) is 56.4 cm³/mol. The van der Waals surface area contributed by atoms with Crippen LogP contribution in [0.1, 0.15) is 12.0 Å². The van der Waals surface area contributed by atoms with E-state index in [1.54, 1.807) is 7.11 Å². The van der Waals surface area contributed by atoms with Crippen molar-refractivity contribution in [1.29, 1.82) is 0 Å². The minimum absolute atomic E-state index is 0.241. The Morgan fingerprint density at radius 2 is 2.29 bits per heavy atom. The normalized spacial score (nSPS) is 10.1. The van der Waals surface area contributed by atoms with Gasteiger partial charge in [0.25, 0.3) is 0 Å². The topological polar surface area (TPSA) is 41.5 Å². The van der Waals surface area contributed by atoms with Gasteiger partial charge in [0.1, 0.15) is 5.75 Å².